The number of rotatable bonds is 2. The van der Waals surface area contributed by atoms with E-state index in [2.05, 4.69) is 108 Å². The first-order valence-electron chi connectivity index (χ1n) is 13.0. The van der Waals surface area contributed by atoms with Crippen molar-refractivity contribution in [3.8, 4) is 0 Å². The maximum absolute atomic E-state index is 7.15. The van der Waals surface area contributed by atoms with Gasteiger partial charge in [-0.3, -0.25) is 0 Å². The molecule has 0 N–H and O–H groups in total. The topological polar surface area (TPSA) is 24.5 Å². The molecule has 4 aromatic rings. The molecule has 184 valence electrons. The van der Waals surface area contributed by atoms with Gasteiger partial charge in [0.2, 0.25) is 11.4 Å². The first-order chi connectivity index (χ1) is 18.6. The van der Waals surface area contributed by atoms with Crippen LogP contribution in [0.5, 0.6) is 0 Å². The van der Waals surface area contributed by atoms with Gasteiger partial charge < -0.3 is 9.47 Å². The average Bonchev–Trinajstić information content (AvgIpc) is 2.94. The molecule has 0 saturated carbocycles. The summed E-state index contributed by atoms with van der Waals surface area (Å²) in [7, 11) is 0. The molecule has 0 atom stereocenters. The summed E-state index contributed by atoms with van der Waals surface area (Å²) in [6, 6.07) is 36.3. The Hall–Kier alpha value is -4.70. The van der Waals surface area contributed by atoms with Crippen molar-refractivity contribution in [2.45, 2.75) is 26.3 Å². The van der Waals surface area contributed by atoms with Gasteiger partial charge in [0.25, 0.3) is 0 Å². The summed E-state index contributed by atoms with van der Waals surface area (Å²) < 4.78 is 18.6. The Bertz CT molecular complexity index is 1570. The second-order valence-corrected chi connectivity index (χ2v) is 9.89. The molecule has 4 aromatic carbocycles. The maximum atomic E-state index is 7.15. The van der Waals surface area contributed by atoms with Crippen LogP contribution in [0.2, 0.25) is 0 Å². The van der Waals surface area contributed by atoms with Gasteiger partial charge in [-0.25, -0.2) is 0 Å². The van der Waals surface area contributed by atoms with Crippen LogP contribution in [0.25, 0.3) is 11.5 Å². The second kappa shape index (κ2) is 8.70. The molecule has 4 nitrogen and oxygen atoms in total. The van der Waals surface area contributed by atoms with E-state index in [0.29, 0.717) is 0 Å². The number of benzene rings is 4. The van der Waals surface area contributed by atoms with Gasteiger partial charge in [0, 0.05) is 61.4 Å². The number of hydrogen-bond donors (Lipinski definition) is 0. The molecule has 7 rings (SSSR count). The van der Waals surface area contributed by atoms with E-state index in [1.165, 1.54) is 11.1 Å². The van der Waals surface area contributed by atoms with Crippen molar-refractivity contribution < 1.29 is 18.6 Å². The van der Waals surface area contributed by atoms with Gasteiger partial charge in [0.15, 0.2) is 22.9 Å². The fourth-order valence-corrected chi connectivity index (χ4v) is 5.79. The normalized spacial score (nSPS) is 17.3. The molecule has 0 saturated heterocycles. The van der Waals surface area contributed by atoms with Crippen LogP contribution in [0, 0.1) is 0 Å². The molecule has 0 radical (unpaired) electrons. The van der Waals surface area contributed by atoms with E-state index in [-0.39, 0.29) is 0 Å². The van der Waals surface area contributed by atoms with Crippen molar-refractivity contribution in [2.75, 3.05) is 0 Å². The zero-order valence-electron chi connectivity index (χ0n) is 21.5. The first-order valence-corrected chi connectivity index (χ1v) is 13.0. The van der Waals surface area contributed by atoms with Crippen LogP contribution in [0.1, 0.15) is 36.1 Å². The highest BCUT2D eigenvalue weighted by Gasteiger charge is 2.67. The summed E-state index contributed by atoms with van der Waals surface area (Å²) in [5, 5.41) is 0. The van der Waals surface area contributed by atoms with Gasteiger partial charge in [-0.1, -0.05) is 94.1 Å². The fraction of sp³-hybridized carbons (Fsp3) is 0.118. The van der Waals surface area contributed by atoms with Gasteiger partial charge in [0.05, 0.1) is 0 Å². The lowest BCUT2D eigenvalue weighted by atomic mass is 9.93. The van der Waals surface area contributed by atoms with Crippen LogP contribution in [-0.4, -0.2) is 26.6 Å². The molecule has 0 aliphatic carbocycles. The van der Waals surface area contributed by atoms with Crippen molar-refractivity contribution in [3.05, 3.63) is 144 Å². The van der Waals surface area contributed by atoms with E-state index in [1.54, 1.807) is 0 Å². The Balaban J connectivity index is 1.62. The molecule has 3 bridgehead atoms. The minimum absolute atomic E-state index is 0.781. The van der Waals surface area contributed by atoms with E-state index >= 15 is 0 Å². The Morgan fingerprint density at radius 1 is 0.526 bits per heavy atom. The molecule has 3 heterocycles. The quantitative estimate of drug-likeness (QED) is 0.273. The number of nitrogens with zero attached hydrogens (tertiary/aromatic N) is 2. The molecule has 1 spiro atoms. The van der Waals surface area contributed by atoms with Crippen LogP contribution in [0.4, 0.5) is 11.4 Å². The van der Waals surface area contributed by atoms with Gasteiger partial charge in [-0.05, 0) is 17.5 Å². The van der Waals surface area contributed by atoms with Crippen LogP contribution >= 0.6 is 0 Å². The van der Waals surface area contributed by atoms with Gasteiger partial charge in [-0.15, -0.1) is 0 Å². The lowest BCUT2D eigenvalue weighted by molar-refractivity contribution is -0.867. The molecular weight excluding hydrogens is 468 g/mol. The predicted molar refractivity (Wildman–Crippen MR) is 151 cm³/mol. The largest absolute Gasteiger partial charge is 0.715 e. The van der Waals surface area contributed by atoms with Crippen molar-refractivity contribution in [3.63, 3.8) is 0 Å². The highest BCUT2D eigenvalue weighted by Crippen LogP contribution is 2.44. The third kappa shape index (κ3) is 3.45. The summed E-state index contributed by atoms with van der Waals surface area (Å²) >= 11 is 0. The zero-order chi connectivity index (χ0) is 25.7. The van der Waals surface area contributed by atoms with Crippen molar-refractivity contribution in [1.29, 1.82) is 0 Å². The Morgan fingerprint density at radius 2 is 0.921 bits per heavy atom. The minimum Gasteiger partial charge on any atom is -0.340 e. The molecule has 0 fully saturated rings. The molecule has 0 unspecified atom stereocenters. The number of allylic oxidation sites excluding steroid dienone is 2. The highest BCUT2D eigenvalue weighted by atomic mass is 16.7. The molecule has 4 heteroatoms. The van der Waals surface area contributed by atoms with Crippen molar-refractivity contribution >= 4 is 34.3 Å². The number of fused-ring (bicyclic) bond motifs is 6. The zero-order valence-corrected chi connectivity index (χ0v) is 21.5. The van der Waals surface area contributed by atoms with Crippen molar-refractivity contribution in [2.24, 2.45) is 0 Å². The molecule has 3 aliphatic heterocycles. The standard InChI is InChI=1S/C34H28N2O2/c1-24-21-32-30-19-11-9-13-26(30)23-27-14-10-12-20-31(27)33-22-25(2)36(29-17-7-4-8-18-29)34(37-32,38-33)35(24)28-15-5-3-6-16-28/h3-22H,23H2,1-2H3/q+2. The molecule has 0 aromatic heterocycles. The van der Waals surface area contributed by atoms with Crippen LogP contribution in [0.3, 0.4) is 0 Å². The highest BCUT2D eigenvalue weighted by molar-refractivity contribution is 5.98. The lowest BCUT2D eigenvalue weighted by Crippen LogP contribution is -2.58. The van der Waals surface area contributed by atoms with E-state index in [9.17, 15) is 0 Å². The first kappa shape index (κ1) is 22.5. The van der Waals surface area contributed by atoms with Gasteiger partial charge >= 0.3 is 6.03 Å². The number of hydrogen-bond acceptors (Lipinski definition) is 2. The molecule has 3 aliphatic rings. The van der Waals surface area contributed by atoms with Crippen molar-refractivity contribution in [1.82, 2.24) is 0 Å². The smallest absolute Gasteiger partial charge is 0.340 e. The SMILES string of the molecule is CC1=[N+](c2ccccc2)C23OC(=C1)c1ccccc1Cc1ccccc1C(=CC(C)=[N+]2c1ccccc1)O3. The van der Waals surface area contributed by atoms with Gasteiger partial charge in [0.1, 0.15) is 0 Å². The minimum atomic E-state index is -1.33. The summed E-state index contributed by atoms with van der Waals surface area (Å²) in [5.74, 6) is 1.58. The van der Waals surface area contributed by atoms with E-state index in [0.717, 1.165) is 51.9 Å². The Labute approximate surface area is 222 Å². The maximum Gasteiger partial charge on any atom is 0.715 e. The monoisotopic (exact) mass is 496 g/mol. The Morgan fingerprint density at radius 3 is 1.37 bits per heavy atom. The van der Waals surface area contributed by atoms with E-state index < -0.39 is 6.03 Å². The van der Waals surface area contributed by atoms with Crippen LogP contribution in [-0.2, 0) is 15.9 Å². The summed E-state index contributed by atoms with van der Waals surface area (Å²) in [5.41, 5.74) is 8.58. The summed E-state index contributed by atoms with van der Waals surface area (Å²) in [6.07, 6.45) is 5.04. The lowest BCUT2D eigenvalue weighted by Gasteiger charge is -2.34. The second-order valence-electron chi connectivity index (χ2n) is 9.89. The fourth-order valence-electron chi connectivity index (χ4n) is 5.79. The van der Waals surface area contributed by atoms with Crippen LogP contribution in [0.15, 0.2) is 121 Å². The predicted octanol–water partition coefficient (Wildman–Crippen LogP) is 7.25. The third-order valence-corrected chi connectivity index (χ3v) is 7.41. The molecular formula is C34H28N2O2+2. The van der Waals surface area contributed by atoms with Gasteiger partial charge in [-0.2, -0.15) is 0 Å². The van der Waals surface area contributed by atoms with E-state index in [4.69, 9.17) is 9.47 Å². The number of para-hydroxylation sites is 2. The summed E-state index contributed by atoms with van der Waals surface area (Å²) in [4.78, 5) is 0. The number of ether oxygens (including phenoxy) is 2. The van der Waals surface area contributed by atoms with Crippen LogP contribution < -0.4 is 0 Å². The molecule has 38 heavy (non-hydrogen) atoms. The average molecular weight is 497 g/mol. The Kier molecular flexibility index (Phi) is 5.15. The van der Waals surface area contributed by atoms with E-state index in [1.807, 2.05) is 36.4 Å². The third-order valence-electron chi connectivity index (χ3n) is 7.41. The summed E-state index contributed by atoms with van der Waals surface area (Å²) in [6.45, 7) is 4.25. The molecule has 0 amide bonds.